The summed E-state index contributed by atoms with van der Waals surface area (Å²) in [6, 6.07) is 13.2. The van der Waals surface area contributed by atoms with Gasteiger partial charge in [-0.2, -0.15) is 5.10 Å². The number of benzene rings is 2. The first-order valence-electron chi connectivity index (χ1n) is 11.1. The van der Waals surface area contributed by atoms with E-state index in [0.717, 1.165) is 42.2 Å². The number of anilines is 1. The largest absolute Gasteiger partial charge is 0.497 e. The second-order valence-corrected chi connectivity index (χ2v) is 8.04. The van der Waals surface area contributed by atoms with Gasteiger partial charge in [0.15, 0.2) is 17.3 Å². The van der Waals surface area contributed by atoms with Gasteiger partial charge >= 0.3 is 0 Å². The summed E-state index contributed by atoms with van der Waals surface area (Å²) in [5, 5.41) is 10.8. The second-order valence-electron chi connectivity index (χ2n) is 8.04. The van der Waals surface area contributed by atoms with E-state index >= 15 is 0 Å². The van der Waals surface area contributed by atoms with Crippen LogP contribution in [0.2, 0.25) is 0 Å². The van der Waals surface area contributed by atoms with Crippen LogP contribution in [0.5, 0.6) is 23.0 Å². The van der Waals surface area contributed by atoms with Gasteiger partial charge in [-0.3, -0.25) is 9.89 Å². The van der Waals surface area contributed by atoms with Crippen LogP contribution in [0.4, 0.5) is 5.82 Å². The number of methoxy groups -OCH3 is 4. The molecule has 0 radical (unpaired) electrons. The number of rotatable bonds is 8. The minimum atomic E-state index is -0.188. The molecule has 1 aliphatic rings. The van der Waals surface area contributed by atoms with E-state index in [1.807, 2.05) is 30.3 Å². The quantitative estimate of drug-likeness (QED) is 0.524. The number of H-pyrrole nitrogens is 1. The molecule has 0 saturated carbocycles. The van der Waals surface area contributed by atoms with Crippen LogP contribution in [0.15, 0.2) is 42.5 Å². The Morgan fingerprint density at radius 1 is 1.00 bits per heavy atom. The van der Waals surface area contributed by atoms with Crippen molar-refractivity contribution >= 4 is 11.7 Å². The van der Waals surface area contributed by atoms with Gasteiger partial charge < -0.3 is 29.2 Å². The zero-order valence-corrected chi connectivity index (χ0v) is 19.9. The molecule has 1 fully saturated rings. The molecule has 2 heterocycles. The molecule has 180 valence electrons. The topological polar surface area (TPSA) is 97.9 Å². The van der Waals surface area contributed by atoms with E-state index in [1.54, 1.807) is 19.2 Å². The Morgan fingerprint density at radius 2 is 1.71 bits per heavy atom. The van der Waals surface area contributed by atoms with Crippen LogP contribution in [-0.4, -0.2) is 63.7 Å². The number of aromatic amines is 1. The molecular formula is C25H30N4O5. The third-order valence-corrected chi connectivity index (χ3v) is 5.97. The highest BCUT2D eigenvalue weighted by atomic mass is 16.5. The van der Waals surface area contributed by atoms with Crippen LogP contribution in [0.3, 0.4) is 0 Å². The lowest BCUT2D eigenvalue weighted by Gasteiger charge is -2.33. The molecule has 0 bridgehead atoms. The van der Waals surface area contributed by atoms with Crippen molar-refractivity contribution in [3.63, 3.8) is 0 Å². The fourth-order valence-electron chi connectivity index (χ4n) is 4.18. The highest BCUT2D eigenvalue weighted by Gasteiger charge is 2.25. The van der Waals surface area contributed by atoms with Crippen LogP contribution in [0.25, 0.3) is 11.3 Å². The number of carbonyl (C=O) groups is 1. The maximum Gasteiger partial charge on any atom is 0.251 e. The van der Waals surface area contributed by atoms with Crippen molar-refractivity contribution in [2.24, 2.45) is 0 Å². The number of piperidine rings is 1. The SMILES string of the molecule is COc1ccc(-c2cc(N3CCCC(NC(=O)c4cc(OC)c(OC)c(OC)c4)C3)n[nH]2)cc1. The van der Waals surface area contributed by atoms with Crippen molar-refractivity contribution in [2.45, 2.75) is 18.9 Å². The molecular weight excluding hydrogens is 436 g/mol. The summed E-state index contributed by atoms with van der Waals surface area (Å²) >= 11 is 0. The Labute approximate surface area is 199 Å². The normalized spacial score (nSPS) is 15.5. The molecule has 3 aromatic rings. The third kappa shape index (κ3) is 4.88. The summed E-state index contributed by atoms with van der Waals surface area (Å²) in [5.74, 6) is 2.83. The average Bonchev–Trinajstić information content (AvgIpc) is 3.38. The lowest BCUT2D eigenvalue weighted by molar-refractivity contribution is 0.0932. The number of ether oxygens (including phenoxy) is 4. The highest BCUT2D eigenvalue weighted by molar-refractivity contribution is 5.96. The van der Waals surface area contributed by atoms with Crippen molar-refractivity contribution in [2.75, 3.05) is 46.4 Å². The van der Waals surface area contributed by atoms with Gasteiger partial charge in [-0.25, -0.2) is 0 Å². The summed E-state index contributed by atoms with van der Waals surface area (Å²) in [6.07, 6.45) is 1.84. The molecule has 0 aliphatic carbocycles. The minimum absolute atomic E-state index is 0.0125. The Hall–Kier alpha value is -3.88. The number of amides is 1. The van der Waals surface area contributed by atoms with E-state index in [0.29, 0.717) is 29.4 Å². The first kappa shape index (κ1) is 23.3. The van der Waals surface area contributed by atoms with E-state index in [1.165, 1.54) is 21.3 Å². The van der Waals surface area contributed by atoms with Gasteiger partial charge in [0.1, 0.15) is 5.75 Å². The van der Waals surface area contributed by atoms with Crippen molar-refractivity contribution in [1.29, 1.82) is 0 Å². The zero-order chi connectivity index (χ0) is 24.1. The standard InChI is InChI=1S/C25H30N4O5/c1-31-19-9-7-16(8-10-19)20-14-23(28-27-20)29-11-5-6-18(15-29)26-25(30)17-12-21(32-2)24(34-4)22(13-17)33-3/h7-10,12-14,18H,5-6,11,15H2,1-4H3,(H,26,30)(H,27,28). The Balaban J connectivity index is 1.44. The van der Waals surface area contributed by atoms with E-state index in [2.05, 4.69) is 20.4 Å². The van der Waals surface area contributed by atoms with Crippen LogP contribution < -0.4 is 29.2 Å². The number of carbonyl (C=O) groups excluding carboxylic acids is 1. The van der Waals surface area contributed by atoms with Gasteiger partial charge in [-0.15, -0.1) is 0 Å². The molecule has 1 saturated heterocycles. The first-order chi connectivity index (χ1) is 16.6. The van der Waals surface area contributed by atoms with Gasteiger partial charge in [0, 0.05) is 30.8 Å². The molecule has 1 unspecified atom stereocenters. The van der Waals surface area contributed by atoms with E-state index in [4.69, 9.17) is 18.9 Å². The summed E-state index contributed by atoms with van der Waals surface area (Å²) in [7, 11) is 6.24. The molecule has 34 heavy (non-hydrogen) atoms. The van der Waals surface area contributed by atoms with Gasteiger partial charge in [0.05, 0.1) is 34.1 Å². The molecule has 9 heteroatoms. The van der Waals surface area contributed by atoms with Crippen molar-refractivity contribution in [3.05, 3.63) is 48.0 Å². The smallest absolute Gasteiger partial charge is 0.251 e. The fourth-order valence-corrected chi connectivity index (χ4v) is 4.18. The maximum absolute atomic E-state index is 13.0. The Morgan fingerprint density at radius 3 is 2.32 bits per heavy atom. The van der Waals surface area contributed by atoms with E-state index in [9.17, 15) is 4.79 Å². The minimum Gasteiger partial charge on any atom is -0.497 e. The monoisotopic (exact) mass is 466 g/mol. The van der Waals surface area contributed by atoms with Gasteiger partial charge in [-0.05, 0) is 54.8 Å². The maximum atomic E-state index is 13.0. The number of aromatic nitrogens is 2. The van der Waals surface area contributed by atoms with E-state index in [-0.39, 0.29) is 11.9 Å². The molecule has 1 aliphatic heterocycles. The molecule has 1 aromatic heterocycles. The summed E-state index contributed by atoms with van der Waals surface area (Å²) in [4.78, 5) is 15.2. The molecule has 2 aromatic carbocycles. The Bertz CT molecular complexity index is 1100. The number of hydrogen-bond acceptors (Lipinski definition) is 7. The van der Waals surface area contributed by atoms with Gasteiger partial charge in [0.25, 0.3) is 5.91 Å². The Kier molecular flexibility index (Phi) is 7.10. The predicted octanol–water partition coefficient (Wildman–Crippen LogP) is 3.51. The van der Waals surface area contributed by atoms with Crippen LogP contribution in [-0.2, 0) is 0 Å². The van der Waals surface area contributed by atoms with Crippen molar-refractivity contribution in [1.82, 2.24) is 15.5 Å². The average molecular weight is 467 g/mol. The predicted molar refractivity (Wildman–Crippen MR) is 129 cm³/mol. The fraction of sp³-hybridized carbons (Fsp3) is 0.360. The molecule has 9 nitrogen and oxygen atoms in total. The number of nitrogens with one attached hydrogen (secondary N) is 2. The highest BCUT2D eigenvalue weighted by Crippen LogP contribution is 2.38. The molecule has 4 rings (SSSR count). The molecule has 0 spiro atoms. The van der Waals surface area contributed by atoms with Crippen LogP contribution in [0, 0.1) is 0 Å². The summed E-state index contributed by atoms with van der Waals surface area (Å²) in [6.45, 7) is 1.55. The second kappa shape index (κ2) is 10.4. The van der Waals surface area contributed by atoms with Gasteiger partial charge in [-0.1, -0.05) is 0 Å². The lowest BCUT2D eigenvalue weighted by atomic mass is 10.0. The first-order valence-corrected chi connectivity index (χ1v) is 11.1. The number of nitrogens with zero attached hydrogens (tertiary/aromatic N) is 2. The van der Waals surface area contributed by atoms with Crippen molar-refractivity contribution in [3.8, 4) is 34.3 Å². The zero-order valence-electron chi connectivity index (χ0n) is 19.9. The summed E-state index contributed by atoms with van der Waals surface area (Å²) < 4.78 is 21.3. The van der Waals surface area contributed by atoms with Crippen molar-refractivity contribution < 1.29 is 23.7 Å². The van der Waals surface area contributed by atoms with Crippen LogP contribution in [0.1, 0.15) is 23.2 Å². The van der Waals surface area contributed by atoms with Crippen LogP contribution >= 0.6 is 0 Å². The molecule has 1 amide bonds. The third-order valence-electron chi connectivity index (χ3n) is 5.97. The number of hydrogen-bond donors (Lipinski definition) is 2. The van der Waals surface area contributed by atoms with E-state index < -0.39 is 0 Å². The molecule has 1 atom stereocenters. The molecule has 2 N–H and O–H groups in total. The summed E-state index contributed by atoms with van der Waals surface area (Å²) in [5.41, 5.74) is 2.42. The lowest BCUT2D eigenvalue weighted by Crippen LogP contribution is -2.48. The van der Waals surface area contributed by atoms with Gasteiger partial charge in [0.2, 0.25) is 5.75 Å².